The predicted molar refractivity (Wildman–Crippen MR) is 102 cm³/mol. The monoisotopic (exact) mass is 390 g/mol. The van der Waals surface area contributed by atoms with Crippen molar-refractivity contribution >= 4 is 27.6 Å². The summed E-state index contributed by atoms with van der Waals surface area (Å²) in [6.45, 7) is 4.78. The van der Waals surface area contributed by atoms with Crippen LogP contribution >= 0.6 is 0 Å². The summed E-state index contributed by atoms with van der Waals surface area (Å²) in [6.07, 6.45) is 0. The van der Waals surface area contributed by atoms with E-state index >= 15 is 0 Å². The molecule has 8 heteroatoms. The van der Waals surface area contributed by atoms with Crippen molar-refractivity contribution < 1.29 is 22.7 Å². The van der Waals surface area contributed by atoms with Gasteiger partial charge in [-0.3, -0.25) is 9.52 Å². The van der Waals surface area contributed by atoms with Gasteiger partial charge in [0.05, 0.1) is 17.6 Å². The van der Waals surface area contributed by atoms with Crippen molar-refractivity contribution in [1.29, 1.82) is 0 Å². The zero-order valence-electron chi connectivity index (χ0n) is 15.4. The molecule has 0 aliphatic carbocycles. The van der Waals surface area contributed by atoms with Gasteiger partial charge in [0.2, 0.25) is 0 Å². The third-order valence-electron chi connectivity index (χ3n) is 3.98. The molecule has 0 spiro atoms. The van der Waals surface area contributed by atoms with Crippen LogP contribution in [0.1, 0.15) is 34.6 Å². The summed E-state index contributed by atoms with van der Waals surface area (Å²) in [5.74, 6) is -0.799. The molecule has 0 aromatic heterocycles. The molecule has 0 heterocycles. The van der Waals surface area contributed by atoms with Gasteiger partial charge in [-0.1, -0.05) is 12.1 Å². The highest BCUT2D eigenvalue weighted by molar-refractivity contribution is 7.92. The average molecular weight is 390 g/mol. The van der Waals surface area contributed by atoms with Crippen molar-refractivity contribution in [2.24, 2.45) is 0 Å². The van der Waals surface area contributed by atoms with Gasteiger partial charge < -0.3 is 9.64 Å². The molecule has 0 aliphatic heterocycles. The number of sulfonamides is 1. The summed E-state index contributed by atoms with van der Waals surface area (Å²) >= 11 is 0. The molecular formula is C19H22N2O5S. The van der Waals surface area contributed by atoms with E-state index in [0.29, 0.717) is 18.7 Å². The number of methoxy groups -OCH3 is 1. The molecule has 0 unspecified atom stereocenters. The standard InChI is InChI=1S/C19H22N2O5S/c1-4-21(5-2)18(22)14-8-7-11-17(13-14)27(24,25)20-16-10-6-9-15(12-16)19(23)26-3/h6-13,20H,4-5H2,1-3H3. The van der Waals surface area contributed by atoms with Crippen molar-refractivity contribution in [2.45, 2.75) is 18.7 Å². The smallest absolute Gasteiger partial charge is 0.337 e. The molecule has 144 valence electrons. The first-order valence-corrected chi connectivity index (χ1v) is 9.91. The Labute approximate surface area is 159 Å². The third-order valence-corrected chi connectivity index (χ3v) is 5.36. The number of benzene rings is 2. The zero-order chi connectivity index (χ0) is 20.0. The van der Waals surface area contributed by atoms with Gasteiger partial charge in [-0.25, -0.2) is 13.2 Å². The number of esters is 1. The molecule has 0 saturated heterocycles. The molecule has 2 rings (SSSR count). The number of anilines is 1. The summed E-state index contributed by atoms with van der Waals surface area (Å²) in [4.78, 5) is 25.6. The van der Waals surface area contributed by atoms with Crippen LogP contribution in [-0.4, -0.2) is 45.4 Å². The van der Waals surface area contributed by atoms with E-state index in [2.05, 4.69) is 9.46 Å². The Bertz CT molecular complexity index is 937. The molecule has 2 aromatic rings. The summed E-state index contributed by atoms with van der Waals surface area (Å²) in [5, 5.41) is 0. The lowest BCUT2D eigenvalue weighted by Gasteiger charge is -2.19. The molecule has 0 bridgehead atoms. The quantitative estimate of drug-likeness (QED) is 0.734. The van der Waals surface area contributed by atoms with Crippen LogP contribution in [0.5, 0.6) is 0 Å². The second kappa shape index (κ2) is 8.68. The topological polar surface area (TPSA) is 92.8 Å². The van der Waals surface area contributed by atoms with Gasteiger partial charge in [-0.15, -0.1) is 0 Å². The van der Waals surface area contributed by atoms with Gasteiger partial charge in [-0.05, 0) is 50.2 Å². The number of hydrogen-bond acceptors (Lipinski definition) is 5. The third kappa shape index (κ3) is 4.85. The van der Waals surface area contributed by atoms with Gasteiger partial charge in [0.25, 0.3) is 15.9 Å². The fourth-order valence-electron chi connectivity index (χ4n) is 2.53. The van der Waals surface area contributed by atoms with E-state index in [1.165, 1.54) is 43.5 Å². The molecule has 0 atom stereocenters. The Morgan fingerprint density at radius 2 is 1.63 bits per heavy atom. The highest BCUT2D eigenvalue weighted by Gasteiger charge is 2.19. The van der Waals surface area contributed by atoms with E-state index in [-0.39, 0.29) is 22.1 Å². The largest absolute Gasteiger partial charge is 0.465 e. The molecule has 2 aromatic carbocycles. The van der Waals surface area contributed by atoms with Crippen LogP contribution in [-0.2, 0) is 14.8 Å². The number of carbonyl (C=O) groups is 2. The molecule has 0 fully saturated rings. The van der Waals surface area contributed by atoms with E-state index in [1.807, 2.05) is 13.8 Å². The Hall–Kier alpha value is -2.87. The summed E-state index contributed by atoms with van der Waals surface area (Å²) in [6, 6.07) is 11.8. The van der Waals surface area contributed by atoms with E-state index in [4.69, 9.17) is 0 Å². The number of ether oxygens (including phenoxy) is 1. The van der Waals surface area contributed by atoms with Gasteiger partial charge in [0.15, 0.2) is 0 Å². The van der Waals surface area contributed by atoms with Crippen LogP contribution in [0.15, 0.2) is 53.4 Å². The van der Waals surface area contributed by atoms with Crippen LogP contribution in [0.3, 0.4) is 0 Å². The van der Waals surface area contributed by atoms with Gasteiger partial charge in [0.1, 0.15) is 0 Å². The second-order valence-corrected chi connectivity index (χ2v) is 7.37. The van der Waals surface area contributed by atoms with Crippen LogP contribution < -0.4 is 4.72 Å². The first-order valence-electron chi connectivity index (χ1n) is 8.43. The first-order chi connectivity index (χ1) is 12.8. The second-order valence-electron chi connectivity index (χ2n) is 5.68. The maximum atomic E-state index is 12.7. The van der Waals surface area contributed by atoms with E-state index in [0.717, 1.165) is 0 Å². The Morgan fingerprint density at radius 1 is 1.00 bits per heavy atom. The molecule has 1 N–H and O–H groups in total. The lowest BCUT2D eigenvalue weighted by Crippen LogP contribution is -2.30. The van der Waals surface area contributed by atoms with Crippen molar-refractivity contribution in [3.8, 4) is 0 Å². The minimum absolute atomic E-state index is 0.0380. The normalized spacial score (nSPS) is 10.9. The Kier molecular flexibility index (Phi) is 6.57. The van der Waals surface area contributed by atoms with Crippen LogP contribution in [0.25, 0.3) is 0 Å². The highest BCUT2D eigenvalue weighted by atomic mass is 32.2. The summed E-state index contributed by atoms with van der Waals surface area (Å²) in [5.41, 5.74) is 0.742. The molecular weight excluding hydrogens is 368 g/mol. The maximum Gasteiger partial charge on any atom is 0.337 e. The number of carbonyl (C=O) groups excluding carboxylic acids is 2. The number of rotatable bonds is 7. The van der Waals surface area contributed by atoms with Crippen molar-refractivity contribution in [3.63, 3.8) is 0 Å². The van der Waals surface area contributed by atoms with Gasteiger partial charge >= 0.3 is 5.97 Å². The predicted octanol–water partition coefficient (Wildman–Crippen LogP) is 2.76. The Balaban J connectivity index is 2.31. The summed E-state index contributed by atoms with van der Waals surface area (Å²) in [7, 11) is -2.68. The number of nitrogens with zero attached hydrogens (tertiary/aromatic N) is 1. The highest BCUT2D eigenvalue weighted by Crippen LogP contribution is 2.19. The summed E-state index contributed by atoms with van der Waals surface area (Å²) < 4.78 is 32.4. The number of hydrogen-bond donors (Lipinski definition) is 1. The van der Waals surface area contributed by atoms with E-state index in [9.17, 15) is 18.0 Å². The fourth-order valence-corrected chi connectivity index (χ4v) is 3.63. The lowest BCUT2D eigenvalue weighted by atomic mass is 10.2. The van der Waals surface area contributed by atoms with Gasteiger partial charge in [0, 0.05) is 24.3 Å². The molecule has 27 heavy (non-hydrogen) atoms. The maximum absolute atomic E-state index is 12.7. The minimum Gasteiger partial charge on any atom is -0.465 e. The lowest BCUT2D eigenvalue weighted by molar-refractivity contribution is 0.0600. The first kappa shape index (κ1) is 20.4. The number of nitrogens with one attached hydrogen (secondary N) is 1. The average Bonchev–Trinajstić information content (AvgIpc) is 2.68. The Morgan fingerprint density at radius 3 is 2.26 bits per heavy atom. The molecule has 1 amide bonds. The van der Waals surface area contributed by atoms with Gasteiger partial charge in [-0.2, -0.15) is 0 Å². The van der Waals surface area contributed by atoms with E-state index in [1.54, 1.807) is 17.0 Å². The molecule has 0 saturated carbocycles. The van der Waals surface area contributed by atoms with Crippen molar-refractivity contribution in [1.82, 2.24) is 4.90 Å². The van der Waals surface area contributed by atoms with Crippen LogP contribution in [0, 0.1) is 0 Å². The van der Waals surface area contributed by atoms with E-state index < -0.39 is 16.0 Å². The van der Waals surface area contributed by atoms with Crippen LogP contribution in [0.2, 0.25) is 0 Å². The number of amides is 1. The van der Waals surface area contributed by atoms with Crippen molar-refractivity contribution in [2.75, 3.05) is 24.9 Å². The minimum atomic E-state index is -3.93. The fraction of sp³-hybridized carbons (Fsp3) is 0.263. The molecule has 0 radical (unpaired) electrons. The molecule has 7 nitrogen and oxygen atoms in total. The zero-order valence-corrected chi connectivity index (χ0v) is 16.2. The molecule has 0 aliphatic rings. The van der Waals surface area contributed by atoms with Crippen molar-refractivity contribution in [3.05, 3.63) is 59.7 Å². The SMILES string of the molecule is CCN(CC)C(=O)c1cccc(S(=O)(=O)Nc2cccc(C(=O)OC)c2)c1. The van der Waals surface area contributed by atoms with Crippen LogP contribution in [0.4, 0.5) is 5.69 Å².